The lowest BCUT2D eigenvalue weighted by Gasteiger charge is -2.08. The number of halogens is 2. The summed E-state index contributed by atoms with van der Waals surface area (Å²) in [4.78, 5) is 7.84. The van der Waals surface area contributed by atoms with Crippen LogP contribution in [0.5, 0.6) is 0 Å². The van der Waals surface area contributed by atoms with Crippen LogP contribution in [0.4, 0.5) is 0 Å². The van der Waals surface area contributed by atoms with Crippen LogP contribution >= 0.6 is 27.5 Å². The molecule has 20 heavy (non-hydrogen) atoms. The Labute approximate surface area is 130 Å². The van der Waals surface area contributed by atoms with Crippen LogP contribution in [-0.4, -0.2) is 18.4 Å². The Hall–Kier alpha value is -1.02. The van der Waals surface area contributed by atoms with Crippen molar-refractivity contribution in [2.24, 2.45) is 0 Å². The standard InChI is InChI=1S/C12H11BrClN3O2S/c1-8-2-3-9(5-15-8)6-17-20(18,19)11-4-10(13)7-16-12(11)14/h2-5,7,17H,6H2,1H3. The minimum Gasteiger partial charge on any atom is -0.261 e. The lowest BCUT2D eigenvalue weighted by Crippen LogP contribution is -2.23. The molecule has 0 aliphatic heterocycles. The molecule has 0 aliphatic carbocycles. The summed E-state index contributed by atoms with van der Waals surface area (Å²) in [5, 5.41) is -0.0669. The first kappa shape index (κ1) is 15.4. The molecule has 0 aliphatic rings. The van der Waals surface area contributed by atoms with Crippen molar-refractivity contribution >= 4 is 37.6 Å². The Balaban J connectivity index is 2.19. The highest BCUT2D eigenvalue weighted by Crippen LogP contribution is 2.22. The van der Waals surface area contributed by atoms with Crippen LogP contribution in [0, 0.1) is 6.92 Å². The van der Waals surface area contributed by atoms with E-state index in [1.807, 2.05) is 19.1 Å². The first-order valence-corrected chi connectivity index (χ1v) is 8.26. The highest BCUT2D eigenvalue weighted by molar-refractivity contribution is 9.10. The third-order valence-corrected chi connectivity index (χ3v) is 4.76. The van der Waals surface area contributed by atoms with Crippen LogP contribution in [0.3, 0.4) is 0 Å². The predicted molar refractivity (Wildman–Crippen MR) is 79.9 cm³/mol. The number of pyridine rings is 2. The zero-order valence-electron chi connectivity index (χ0n) is 10.5. The van der Waals surface area contributed by atoms with Crippen molar-refractivity contribution in [2.75, 3.05) is 0 Å². The zero-order valence-corrected chi connectivity index (χ0v) is 13.6. The molecule has 0 aromatic carbocycles. The van der Waals surface area contributed by atoms with E-state index in [2.05, 4.69) is 30.6 Å². The molecule has 8 heteroatoms. The Bertz CT molecular complexity index is 720. The van der Waals surface area contributed by atoms with Gasteiger partial charge in [-0.25, -0.2) is 18.1 Å². The molecule has 0 amide bonds. The minimum absolute atomic E-state index is 0.0615. The summed E-state index contributed by atoms with van der Waals surface area (Å²) < 4.78 is 27.3. The van der Waals surface area contributed by atoms with Crippen molar-refractivity contribution in [1.29, 1.82) is 0 Å². The van der Waals surface area contributed by atoms with E-state index < -0.39 is 10.0 Å². The second-order valence-corrected chi connectivity index (χ2v) is 7.08. The molecule has 0 bridgehead atoms. The maximum absolute atomic E-state index is 12.2. The monoisotopic (exact) mass is 375 g/mol. The summed E-state index contributed by atoms with van der Waals surface area (Å²) in [6.07, 6.45) is 3.06. The molecule has 2 aromatic rings. The number of hydrogen-bond donors (Lipinski definition) is 1. The molecule has 2 rings (SSSR count). The average molecular weight is 377 g/mol. The highest BCUT2D eigenvalue weighted by Gasteiger charge is 2.19. The van der Waals surface area contributed by atoms with E-state index in [0.29, 0.717) is 4.47 Å². The van der Waals surface area contributed by atoms with Gasteiger partial charge in [-0.1, -0.05) is 17.7 Å². The predicted octanol–water partition coefficient (Wildman–Crippen LogP) is 2.68. The number of nitrogens with zero attached hydrogens (tertiary/aromatic N) is 2. The third kappa shape index (κ3) is 3.76. The zero-order chi connectivity index (χ0) is 14.8. The van der Waals surface area contributed by atoms with E-state index in [-0.39, 0.29) is 16.6 Å². The van der Waals surface area contributed by atoms with Gasteiger partial charge in [0.2, 0.25) is 10.0 Å². The molecule has 0 radical (unpaired) electrons. The molecule has 0 fully saturated rings. The molecule has 5 nitrogen and oxygen atoms in total. The molecule has 0 unspecified atom stereocenters. The molecule has 0 saturated heterocycles. The van der Waals surface area contributed by atoms with Crippen LogP contribution in [0.25, 0.3) is 0 Å². The summed E-state index contributed by atoms with van der Waals surface area (Å²) >= 11 is 8.99. The van der Waals surface area contributed by atoms with Gasteiger partial charge in [-0.3, -0.25) is 4.98 Å². The Morgan fingerprint density at radius 1 is 1.30 bits per heavy atom. The normalized spacial score (nSPS) is 11.6. The quantitative estimate of drug-likeness (QED) is 0.833. The number of sulfonamides is 1. The summed E-state index contributed by atoms with van der Waals surface area (Å²) in [7, 11) is -3.72. The van der Waals surface area contributed by atoms with Crippen LogP contribution in [0.2, 0.25) is 5.15 Å². The number of aryl methyl sites for hydroxylation is 1. The smallest absolute Gasteiger partial charge is 0.243 e. The Morgan fingerprint density at radius 2 is 2.05 bits per heavy atom. The van der Waals surface area contributed by atoms with Crippen molar-refractivity contribution in [2.45, 2.75) is 18.4 Å². The number of nitrogens with one attached hydrogen (secondary N) is 1. The topological polar surface area (TPSA) is 72.0 Å². The first-order chi connectivity index (χ1) is 9.38. The molecule has 0 saturated carbocycles. The van der Waals surface area contributed by atoms with Gasteiger partial charge in [0, 0.05) is 29.1 Å². The summed E-state index contributed by atoms with van der Waals surface area (Å²) in [5.74, 6) is 0. The molecular formula is C12H11BrClN3O2S. The third-order valence-electron chi connectivity index (χ3n) is 2.50. The fraction of sp³-hybridized carbons (Fsp3) is 0.167. The summed E-state index contributed by atoms with van der Waals surface area (Å²) in [6, 6.07) is 5.04. The van der Waals surface area contributed by atoms with Gasteiger partial charge in [-0.15, -0.1) is 0 Å². The van der Waals surface area contributed by atoms with E-state index in [0.717, 1.165) is 11.3 Å². The fourth-order valence-electron chi connectivity index (χ4n) is 1.45. The Kier molecular flexibility index (Phi) is 4.74. The molecule has 0 spiro atoms. The first-order valence-electron chi connectivity index (χ1n) is 5.61. The van der Waals surface area contributed by atoms with Crippen LogP contribution in [-0.2, 0) is 16.6 Å². The van der Waals surface area contributed by atoms with E-state index in [1.54, 1.807) is 6.20 Å². The van der Waals surface area contributed by atoms with Gasteiger partial charge in [0.15, 0.2) is 0 Å². The lowest BCUT2D eigenvalue weighted by molar-refractivity contribution is 0.581. The number of aromatic nitrogens is 2. The van der Waals surface area contributed by atoms with Crippen molar-refractivity contribution in [1.82, 2.24) is 14.7 Å². The van der Waals surface area contributed by atoms with E-state index in [9.17, 15) is 8.42 Å². The van der Waals surface area contributed by atoms with Crippen molar-refractivity contribution < 1.29 is 8.42 Å². The maximum atomic E-state index is 12.2. The van der Waals surface area contributed by atoms with Gasteiger partial charge in [0.25, 0.3) is 0 Å². The van der Waals surface area contributed by atoms with E-state index in [1.165, 1.54) is 12.3 Å². The maximum Gasteiger partial charge on any atom is 0.243 e. The van der Waals surface area contributed by atoms with Crippen LogP contribution < -0.4 is 4.72 Å². The molecule has 2 heterocycles. The second kappa shape index (κ2) is 6.17. The average Bonchev–Trinajstić information content (AvgIpc) is 2.41. The van der Waals surface area contributed by atoms with Gasteiger partial charge >= 0.3 is 0 Å². The van der Waals surface area contributed by atoms with Crippen molar-refractivity contribution in [3.8, 4) is 0 Å². The Morgan fingerprint density at radius 3 is 2.70 bits per heavy atom. The van der Waals surface area contributed by atoms with Crippen LogP contribution in [0.1, 0.15) is 11.3 Å². The molecular weight excluding hydrogens is 366 g/mol. The summed E-state index contributed by atoms with van der Waals surface area (Å²) in [5.41, 5.74) is 1.63. The van der Waals surface area contributed by atoms with Gasteiger partial charge in [-0.2, -0.15) is 0 Å². The molecule has 2 aromatic heterocycles. The minimum atomic E-state index is -3.72. The summed E-state index contributed by atoms with van der Waals surface area (Å²) in [6.45, 7) is 2.00. The molecule has 0 atom stereocenters. The molecule has 106 valence electrons. The van der Waals surface area contributed by atoms with Gasteiger partial charge in [0.1, 0.15) is 10.0 Å². The number of rotatable bonds is 4. The van der Waals surface area contributed by atoms with Crippen LogP contribution in [0.15, 0.2) is 40.0 Å². The van der Waals surface area contributed by atoms with E-state index >= 15 is 0 Å². The lowest BCUT2D eigenvalue weighted by atomic mass is 10.2. The van der Waals surface area contributed by atoms with E-state index in [4.69, 9.17) is 11.6 Å². The van der Waals surface area contributed by atoms with Crippen molar-refractivity contribution in [3.63, 3.8) is 0 Å². The van der Waals surface area contributed by atoms with Crippen molar-refractivity contribution in [3.05, 3.63) is 51.5 Å². The van der Waals surface area contributed by atoms with Gasteiger partial charge in [-0.05, 0) is 40.5 Å². The second-order valence-electron chi connectivity index (χ2n) is 4.07. The SMILES string of the molecule is Cc1ccc(CNS(=O)(=O)c2cc(Br)cnc2Cl)cn1. The van der Waals surface area contributed by atoms with Gasteiger partial charge < -0.3 is 0 Å². The number of hydrogen-bond acceptors (Lipinski definition) is 4. The highest BCUT2D eigenvalue weighted by atomic mass is 79.9. The molecule has 1 N–H and O–H groups in total. The largest absolute Gasteiger partial charge is 0.261 e. The fourth-order valence-corrected chi connectivity index (χ4v) is 3.41. The van der Waals surface area contributed by atoms with Gasteiger partial charge in [0.05, 0.1) is 0 Å².